The zero-order valence-electron chi connectivity index (χ0n) is 6.96. The summed E-state index contributed by atoms with van der Waals surface area (Å²) in [6, 6.07) is 1.79. The molecule has 0 bridgehead atoms. The number of carbonyl (C=O) groups excluding carboxylic acids is 1. The van der Waals surface area contributed by atoms with Crippen LogP contribution in [0.25, 0.3) is 0 Å². The van der Waals surface area contributed by atoms with Crippen LogP contribution in [0, 0.1) is 13.8 Å². The Bertz CT molecular complexity index is 290. The fraction of sp³-hybridized carbons (Fsp3) is 0.286. The molecule has 0 saturated carbocycles. The monoisotopic (exact) mass is 166 g/mol. The Kier molecular flexibility index (Phi) is 2.35. The third-order valence-corrected chi connectivity index (χ3v) is 1.32. The number of amides is 1. The summed E-state index contributed by atoms with van der Waals surface area (Å²) in [4.78, 5) is 18.8. The van der Waals surface area contributed by atoms with E-state index >= 15 is 0 Å². The molecule has 3 N–H and O–H groups in total. The van der Waals surface area contributed by atoms with Gasteiger partial charge in [0.1, 0.15) is 0 Å². The average molecular weight is 166 g/mol. The first-order chi connectivity index (χ1) is 5.63. The lowest BCUT2D eigenvalue weighted by Crippen LogP contribution is -2.31. The summed E-state index contributed by atoms with van der Waals surface area (Å²) in [5.74, 6) is 4.56. The van der Waals surface area contributed by atoms with Crippen LogP contribution in [0.2, 0.25) is 0 Å². The standard InChI is InChI=1S/C7H10N4O/c1-4-3-5(2)10-6(9-4)7(12)11-8/h3H,8H2,1-2H3,(H,11,12). The third kappa shape index (κ3) is 1.76. The summed E-state index contributed by atoms with van der Waals surface area (Å²) in [7, 11) is 0. The zero-order valence-corrected chi connectivity index (χ0v) is 6.96. The van der Waals surface area contributed by atoms with E-state index in [1.165, 1.54) is 0 Å². The van der Waals surface area contributed by atoms with Crippen molar-refractivity contribution in [1.29, 1.82) is 0 Å². The highest BCUT2D eigenvalue weighted by Crippen LogP contribution is 1.98. The van der Waals surface area contributed by atoms with Gasteiger partial charge in [-0.15, -0.1) is 0 Å². The van der Waals surface area contributed by atoms with Gasteiger partial charge in [0.25, 0.3) is 0 Å². The maximum atomic E-state index is 11.0. The molecule has 0 spiro atoms. The third-order valence-electron chi connectivity index (χ3n) is 1.32. The first-order valence-corrected chi connectivity index (χ1v) is 3.46. The molecule has 0 aliphatic carbocycles. The predicted molar refractivity (Wildman–Crippen MR) is 43.2 cm³/mol. The molecule has 0 unspecified atom stereocenters. The number of hydrazine groups is 1. The zero-order chi connectivity index (χ0) is 9.14. The molecule has 1 aromatic rings. The van der Waals surface area contributed by atoms with Crippen molar-refractivity contribution >= 4 is 5.91 Å². The molecule has 0 aromatic carbocycles. The van der Waals surface area contributed by atoms with E-state index in [4.69, 9.17) is 5.84 Å². The van der Waals surface area contributed by atoms with Crippen molar-refractivity contribution in [2.75, 3.05) is 0 Å². The minimum absolute atomic E-state index is 0.106. The molecule has 0 saturated heterocycles. The van der Waals surface area contributed by atoms with Crippen molar-refractivity contribution in [3.8, 4) is 0 Å². The van der Waals surface area contributed by atoms with Crippen LogP contribution in [0.4, 0.5) is 0 Å². The molecule has 1 amide bonds. The second-order valence-corrected chi connectivity index (χ2v) is 2.45. The number of carbonyl (C=O) groups is 1. The molecule has 12 heavy (non-hydrogen) atoms. The van der Waals surface area contributed by atoms with E-state index in [-0.39, 0.29) is 5.82 Å². The second-order valence-electron chi connectivity index (χ2n) is 2.45. The Morgan fingerprint density at radius 3 is 2.33 bits per heavy atom. The number of aryl methyl sites for hydroxylation is 2. The number of nitrogens with two attached hydrogens (primary N) is 1. The number of hydrogen-bond donors (Lipinski definition) is 2. The van der Waals surface area contributed by atoms with Crippen molar-refractivity contribution in [2.45, 2.75) is 13.8 Å². The Morgan fingerprint density at radius 1 is 1.42 bits per heavy atom. The van der Waals surface area contributed by atoms with E-state index in [1.807, 2.05) is 5.43 Å². The highest BCUT2D eigenvalue weighted by molar-refractivity contribution is 5.89. The summed E-state index contributed by atoms with van der Waals surface area (Å²) < 4.78 is 0. The quantitative estimate of drug-likeness (QED) is 0.341. The Labute approximate surface area is 70.0 Å². The molecule has 5 nitrogen and oxygen atoms in total. The van der Waals surface area contributed by atoms with Gasteiger partial charge in [0, 0.05) is 11.4 Å². The molecular weight excluding hydrogens is 156 g/mol. The number of nitrogens with zero attached hydrogens (tertiary/aromatic N) is 2. The van der Waals surface area contributed by atoms with Gasteiger partial charge < -0.3 is 0 Å². The van der Waals surface area contributed by atoms with Gasteiger partial charge in [-0.05, 0) is 19.9 Å². The summed E-state index contributed by atoms with van der Waals surface area (Å²) in [5, 5.41) is 0. The first kappa shape index (κ1) is 8.61. The van der Waals surface area contributed by atoms with Crippen molar-refractivity contribution in [3.63, 3.8) is 0 Å². The van der Waals surface area contributed by atoms with Crippen molar-refractivity contribution < 1.29 is 4.79 Å². The number of nitrogens with one attached hydrogen (secondary N) is 1. The van der Waals surface area contributed by atoms with Crippen LogP contribution in [0.15, 0.2) is 6.07 Å². The van der Waals surface area contributed by atoms with Gasteiger partial charge in [0.05, 0.1) is 0 Å². The lowest BCUT2D eigenvalue weighted by atomic mass is 10.3. The molecule has 0 atom stereocenters. The molecule has 0 fully saturated rings. The molecule has 5 heteroatoms. The number of rotatable bonds is 1. The predicted octanol–water partition coefficient (Wildman–Crippen LogP) is -0.303. The van der Waals surface area contributed by atoms with Gasteiger partial charge in [0.15, 0.2) is 0 Å². The van der Waals surface area contributed by atoms with Crippen LogP contribution in [-0.4, -0.2) is 15.9 Å². The van der Waals surface area contributed by atoms with E-state index in [9.17, 15) is 4.79 Å². The number of hydrogen-bond acceptors (Lipinski definition) is 4. The molecule has 1 aromatic heterocycles. The molecule has 0 radical (unpaired) electrons. The molecule has 0 aliphatic rings. The van der Waals surface area contributed by atoms with Gasteiger partial charge in [-0.2, -0.15) is 0 Å². The van der Waals surface area contributed by atoms with Crippen LogP contribution in [0.1, 0.15) is 22.0 Å². The second kappa shape index (κ2) is 3.27. The van der Waals surface area contributed by atoms with E-state index in [0.717, 1.165) is 11.4 Å². The maximum Gasteiger partial charge on any atom is 0.302 e. The molecule has 0 aliphatic heterocycles. The van der Waals surface area contributed by atoms with E-state index in [0.29, 0.717) is 0 Å². The van der Waals surface area contributed by atoms with Crippen LogP contribution in [0.3, 0.4) is 0 Å². The van der Waals surface area contributed by atoms with Crippen molar-refractivity contribution in [3.05, 3.63) is 23.3 Å². The summed E-state index contributed by atoms with van der Waals surface area (Å²) in [5.41, 5.74) is 3.47. The molecule has 1 rings (SSSR count). The topological polar surface area (TPSA) is 80.9 Å². The fourth-order valence-corrected chi connectivity index (χ4v) is 0.892. The Hall–Kier alpha value is -1.49. The summed E-state index contributed by atoms with van der Waals surface area (Å²) in [6.07, 6.45) is 0. The first-order valence-electron chi connectivity index (χ1n) is 3.46. The molecule has 64 valence electrons. The Balaban J connectivity index is 3.08. The van der Waals surface area contributed by atoms with E-state index < -0.39 is 5.91 Å². The van der Waals surface area contributed by atoms with E-state index in [2.05, 4.69) is 9.97 Å². The van der Waals surface area contributed by atoms with Gasteiger partial charge in [0.2, 0.25) is 5.82 Å². The van der Waals surface area contributed by atoms with Crippen LogP contribution in [0.5, 0.6) is 0 Å². The molecular formula is C7H10N4O. The smallest absolute Gasteiger partial charge is 0.287 e. The van der Waals surface area contributed by atoms with Crippen molar-refractivity contribution in [2.24, 2.45) is 5.84 Å². The SMILES string of the molecule is Cc1cc(C)nc(C(=O)NN)n1. The minimum atomic E-state index is -0.471. The highest BCUT2D eigenvalue weighted by atomic mass is 16.2. The van der Waals surface area contributed by atoms with Gasteiger partial charge in [-0.25, -0.2) is 15.8 Å². The summed E-state index contributed by atoms with van der Waals surface area (Å²) in [6.45, 7) is 3.59. The summed E-state index contributed by atoms with van der Waals surface area (Å²) >= 11 is 0. The maximum absolute atomic E-state index is 11.0. The lowest BCUT2D eigenvalue weighted by molar-refractivity contribution is 0.0942. The van der Waals surface area contributed by atoms with Crippen LogP contribution >= 0.6 is 0 Å². The Morgan fingerprint density at radius 2 is 1.92 bits per heavy atom. The van der Waals surface area contributed by atoms with Gasteiger partial charge >= 0.3 is 5.91 Å². The van der Waals surface area contributed by atoms with Crippen LogP contribution in [-0.2, 0) is 0 Å². The minimum Gasteiger partial charge on any atom is -0.287 e. The van der Waals surface area contributed by atoms with Gasteiger partial charge in [-0.3, -0.25) is 10.2 Å². The number of nitrogen functional groups attached to an aromatic ring is 1. The largest absolute Gasteiger partial charge is 0.302 e. The van der Waals surface area contributed by atoms with E-state index in [1.54, 1.807) is 19.9 Å². The lowest BCUT2D eigenvalue weighted by Gasteiger charge is -2.00. The molecule has 1 heterocycles. The normalized spacial score (nSPS) is 9.58. The fourth-order valence-electron chi connectivity index (χ4n) is 0.892. The number of aromatic nitrogens is 2. The van der Waals surface area contributed by atoms with Crippen molar-refractivity contribution in [1.82, 2.24) is 15.4 Å². The van der Waals surface area contributed by atoms with Crippen LogP contribution < -0.4 is 11.3 Å². The van der Waals surface area contributed by atoms with Gasteiger partial charge in [-0.1, -0.05) is 0 Å². The average Bonchev–Trinajstić information content (AvgIpc) is 2.01. The highest BCUT2D eigenvalue weighted by Gasteiger charge is 2.07.